The summed E-state index contributed by atoms with van der Waals surface area (Å²) in [4.78, 5) is 25.4. The van der Waals surface area contributed by atoms with E-state index in [-0.39, 0.29) is 5.91 Å². The van der Waals surface area contributed by atoms with Crippen molar-refractivity contribution in [2.45, 2.75) is 45.6 Å². The molecule has 44 heavy (non-hydrogen) atoms. The molecule has 5 aromatic rings. The summed E-state index contributed by atoms with van der Waals surface area (Å²) in [5, 5.41) is 1.11. The summed E-state index contributed by atoms with van der Waals surface area (Å²) >= 11 is 1.91. The zero-order valence-electron chi connectivity index (χ0n) is 25.4. The third-order valence-electron chi connectivity index (χ3n) is 9.47. The third-order valence-corrected chi connectivity index (χ3v) is 10.6. The Labute approximate surface area is 261 Å². The van der Waals surface area contributed by atoms with Gasteiger partial charge in [0.05, 0.1) is 29.1 Å². The van der Waals surface area contributed by atoms with E-state index in [4.69, 9.17) is 9.97 Å². The quantitative estimate of drug-likeness (QED) is 0.175. The average molecular weight is 609 g/mol. The van der Waals surface area contributed by atoms with Gasteiger partial charge in [-0.05, 0) is 110 Å². The van der Waals surface area contributed by atoms with Crippen LogP contribution in [-0.2, 0) is 20.0 Å². The highest BCUT2D eigenvalue weighted by Crippen LogP contribution is 2.38. The SMILES string of the molecule is Cc1cc(N2CCCS2)ccc1-c1ccc2cc(-c3nc4cc5c(cc4n3C)CCN(CCCF)C5=O)n(CC3CC3)c2n1. The molecule has 2 aromatic carbocycles. The van der Waals surface area contributed by atoms with E-state index in [0.29, 0.717) is 31.0 Å². The van der Waals surface area contributed by atoms with Gasteiger partial charge in [-0.1, -0.05) is 6.07 Å². The van der Waals surface area contributed by atoms with Crippen LogP contribution in [0.1, 0.15) is 47.2 Å². The van der Waals surface area contributed by atoms with Crippen molar-refractivity contribution in [1.82, 2.24) is 24.0 Å². The predicted molar refractivity (Wildman–Crippen MR) is 177 cm³/mol. The molecule has 1 saturated heterocycles. The Kier molecular flexibility index (Phi) is 6.89. The number of aryl methyl sites for hydroxylation is 2. The second kappa shape index (κ2) is 10.9. The summed E-state index contributed by atoms with van der Waals surface area (Å²) in [7, 11) is 2.07. The van der Waals surface area contributed by atoms with Crippen molar-refractivity contribution >= 4 is 45.6 Å². The average Bonchev–Trinajstić information content (AvgIpc) is 3.40. The number of benzene rings is 2. The maximum absolute atomic E-state index is 13.2. The monoisotopic (exact) mass is 608 g/mol. The molecule has 0 N–H and O–H groups in total. The lowest BCUT2D eigenvalue weighted by atomic mass is 9.98. The molecule has 3 aliphatic rings. The number of carbonyl (C=O) groups excluding carboxylic acids is 1. The van der Waals surface area contributed by atoms with E-state index in [1.54, 1.807) is 4.90 Å². The zero-order valence-corrected chi connectivity index (χ0v) is 26.2. The second-order valence-corrected chi connectivity index (χ2v) is 13.7. The minimum atomic E-state index is -0.408. The van der Waals surface area contributed by atoms with E-state index in [9.17, 15) is 9.18 Å². The molecule has 1 saturated carbocycles. The maximum atomic E-state index is 13.2. The summed E-state index contributed by atoms with van der Waals surface area (Å²) in [5.41, 5.74) is 10.3. The van der Waals surface area contributed by atoms with E-state index < -0.39 is 6.67 Å². The van der Waals surface area contributed by atoms with Crippen LogP contribution in [0.3, 0.4) is 0 Å². The number of alkyl halides is 1. The van der Waals surface area contributed by atoms with E-state index >= 15 is 0 Å². The standard InChI is InChI=1S/C35H37FN6OS/c1-22-17-26(42-14-4-16-44-42)8-9-27(22)29-10-7-25-19-32(41(33(25)37-29)21-23-5-6-23)34-38-30-20-28-24(18-31(30)39(34)2)11-15-40(35(28)43)13-3-12-36/h7-10,17-20,23H,3-6,11-16,21H2,1-2H3. The molecule has 1 amide bonds. The van der Waals surface area contributed by atoms with Crippen molar-refractivity contribution in [3.63, 3.8) is 0 Å². The van der Waals surface area contributed by atoms with Gasteiger partial charge in [0.2, 0.25) is 0 Å². The van der Waals surface area contributed by atoms with Gasteiger partial charge in [-0.15, -0.1) is 0 Å². The number of imidazole rings is 1. The molecule has 9 heteroatoms. The van der Waals surface area contributed by atoms with Crippen LogP contribution >= 0.6 is 11.9 Å². The van der Waals surface area contributed by atoms with Gasteiger partial charge in [0.1, 0.15) is 5.65 Å². The number of aromatic nitrogens is 4. The first-order valence-electron chi connectivity index (χ1n) is 15.8. The summed E-state index contributed by atoms with van der Waals surface area (Å²) in [6.45, 7) is 4.88. The van der Waals surface area contributed by atoms with Crippen molar-refractivity contribution < 1.29 is 9.18 Å². The highest BCUT2D eigenvalue weighted by atomic mass is 32.2. The van der Waals surface area contributed by atoms with Crippen LogP contribution in [0.5, 0.6) is 0 Å². The topological polar surface area (TPSA) is 59.2 Å². The molecule has 0 bridgehead atoms. The molecule has 8 rings (SSSR count). The first kappa shape index (κ1) is 27.7. The number of hydrogen-bond donors (Lipinski definition) is 0. The lowest BCUT2D eigenvalue weighted by Crippen LogP contribution is -2.38. The molecule has 0 spiro atoms. The lowest BCUT2D eigenvalue weighted by Gasteiger charge is -2.28. The summed E-state index contributed by atoms with van der Waals surface area (Å²) < 4.78 is 19.7. The van der Waals surface area contributed by atoms with Crippen LogP contribution in [0, 0.1) is 12.8 Å². The van der Waals surface area contributed by atoms with Gasteiger partial charge in [0, 0.05) is 61.2 Å². The van der Waals surface area contributed by atoms with Crippen LogP contribution in [-0.4, -0.2) is 62.0 Å². The van der Waals surface area contributed by atoms with Gasteiger partial charge in [0.15, 0.2) is 5.82 Å². The minimum absolute atomic E-state index is 0.0177. The molecular weight excluding hydrogens is 571 g/mol. The Hall–Kier alpha value is -3.85. The van der Waals surface area contributed by atoms with Crippen molar-refractivity contribution in [3.05, 3.63) is 65.2 Å². The molecular formula is C35H37FN6OS. The van der Waals surface area contributed by atoms with Gasteiger partial charge in [0.25, 0.3) is 5.91 Å². The van der Waals surface area contributed by atoms with Crippen LogP contribution in [0.25, 0.3) is 44.8 Å². The Balaban J connectivity index is 1.20. The van der Waals surface area contributed by atoms with Crippen molar-refractivity contribution in [3.8, 4) is 22.8 Å². The van der Waals surface area contributed by atoms with E-state index in [2.05, 4.69) is 69.9 Å². The normalized spacial score (nSPS) is 16.9. The highest BCUT2D eigenvalue weighted by Gasteiger charge is 2.28. The second-order valence-electron chi connectivity index (χ2n) is 12.6. The number of halogens is 1. The number of carbonyl (C=O) groups is 1. The lowest BCUT2D eigenvalue weighted by molar-refractivity contribution is 0.0735. The van der Waals surface area contributed by atoms with E-state index in [0.717, 1.165) is 64.4 Å². The molecule has 0 atom stereocenters. The van der Waals surface area contributed by atoms with Crippen LogP contribution in [0.4, 0.5) is 10.1 Å². The number of rotatable bonds is 8. The zero-order chi connectivity index (χ0) is 29.9. The molecule has 0 radical (unpaired) electrons. The molecule has 1 aliphatic carbocycles. The molecule has 3 aromatic heterocycles. The first-order chi connectivity index (χ1) is 21.5. The minimum Gasteiger partial charge on any atom is -0.338 e. The number of fused-ring (bicyclic) bond motifs is 3. The van der Waals surface area contributed by atoms with Gasteiger partial charge >= 0.3 is 0 Å². The number of amides is 1. The van der Waals surface area contributed by atoms with Crippen molar-refractivity contribution in [2.75, 3.05) is 36.4 Å². The number of nitrogens with zero attached hydrogens (tertiary/aromatic N) is 6. The fraction of sp³-hybridized carbons (Fsp3) is 0.400. The Morgan fingerprint density at radius 3 is 2.68 bits per heavy atom. The van der Waals surface area contributed by atoms with Crippen molar-refractivity contribution in [1.29, 1.82) is 0 Å². The van der Waals surface area contributed by atoms with Crippen LogP contribution < -0.4 is 4.31 Å². The molecule has 2 aliphatic heterocycles. The first-order valence-corrected chi connectivity index (χ1v) is 16.8. The Morgan fingerprint density at radius 1 is 1.02 bits per heavy atom. The molecule has 7 nitrogen and oxygen atoms in total. The summed E-state index contributed by atoms with van der Waals surface area (Å²) in [5.74, 6) is 2.71. The van der Waals surface area contributed by atoms with Gasteiger partial charge in [-0.2, -0.15) is 0 Å². The number of pyridine rings is 1. The van der Waals surface area contributed by atoms with Crippen LogP contribution in [0.2, 0.25) is 0 Å². The van der Waals surface area contributed by atoms with Gasteiger partial charge < -0.3 is 18.3 Å². The number of anilines is 1. The fourth-order valence-corrected chi connectivity index (χ4v) is 7.85. The summed E-state index contributed by atoms with van der Waals surface area (Å²) in [6.07, 6.45) is 4.86. The molecule has 2 fully saturated rings. The van der Waals surface area contributed by atoms with Crippen LogP contribution in [0.15, 0.2) is 48.5 Å². The highest BCUT2D eigenvalue weighted by molar-refractivity contribution is 8.00. The number of hydrogen-bond acceptors (Lipinski definition) is 5. The van der Waals surface area contributed by atoms with Gasteiger partial charge in [-0.3, -0.25) is 9.18 Å². The fourth-order valence-electron chi connectivity index (χ4n) is 6.86. The van der Waals surface area contributed by atoms with E-state index in [1.807, 2.05) is 18.0 Å². The van der Waals surface area contributed by atoms with E-state index in [1.165, 1.54) is 41.8 Å². The third kappa shape index (κ3) is 4.76. The van der Waals surface area contributed by atoms with Gasteiger partial charge in [-0.25, -0.2) is 9.97 Å². The molecule has 226 valence electrons. The Bertz CT molecular complexity index is 1920. The molecule has 5 heterocycles. The van der Waals surface area contributed by atoms with Crippen molar-refractivity contribution in [2.24, 2.45) is 13.0 Å². The maximum Gasteiger partial charge on any atom is 0.254 e. The smallest absolute Gasteiger partial charge is 0.254 e. The predicted octanol–water partition coefficient (Wildman–Crippen LogP) is 7.19. The molecule has 0 unspecified atom stereocenters. The largest absolute Gasteiger partial charge is 0.338 e. The Morgan fingerprint density at radius 2 is 1.91 bits per heavy atom. The summed E-state index contributed by atoms with van der Waals surface area (Å²) in [6, 6.07) is 17.4.